The van der Waals surface area contributed by atoms with Crippen LogP contribution >= 0.6 is 12.4 Å². The fourth-order valence-electron chi connectivity index (χ4n) is 3.04. The van der Waals surface area contributed by atoms with Gasteiger partial charge in [0.2, 0.25) is 0 Å². The van der Waals surface area contributed by atoms with Gasteiger partial charge in [-0.15, -0.1) is 12.4 Å². The van der Waals surface area contributed by atoms with Gasteiger partial charge in [-0.05, 0) is 32.1 Å². The molecule has 0 saturated carbocycles. The van der Waals surface area contributed by atoms with Crippen LogP contribution in [0, 0.1) is 5.92 Å². The maximum atomic E-state index is 12.6. The van der Waals surface area contributed by atoms with Crippen LogP contribution in [0.5, 0.6) is 0 Å². The van der Waals surface area contributed by atoms with E-state index in [4.69, 9.17) is 5.73 Å². The van der Waals surface area contributed by atoms with Gasteiger partial charge in [0.05, 0.1) is 0 Å². The van der Waals surface area contributed by atoms with Crippen LogP contribution in [0.2, 0.25) is 0 Å². The van der Waals surface area contributed by atoms with Crippen LogP contribution in [0.1, 0.15) is 32.0 Å². The molecule has 1 fully saturated rings. The molecule has 3 heterocycles. The highest BCUT2D eigenvalue weighted by Gasteiger charge is 2.35. The number of aryl methyl sites for hydroxylation is 2. The Morgan fingerprint density at radius 2 is 2.14 bits per heavy atom. The first kappa shape index (κ1) is 16.7. The predicted molar refractivity (Wildman–Crippen MR) is 82.9 cm³/mol. The molecule has 0 bridgehead atoms. The van der Waals surface area contributed by atoms with Gasteiger partial charge in [0.15, 0.2) is 5.03 Å². The molecule has 1 aromatic heterocycles. The second-order valence-electron chi connectivity index (χ2n) is 5.92. The lowest BCUT2D eigenvalue weighted by Gasteiger charge is -2.16. The van der Waals surface area contributed by atoms with Crippen LogP contribution in [0.25, 0.3) is 0 Å². The average molecular weight is 335 g/mol. The number of hydrogen-bond donors (Lipinski definition) is 1. The Balaban J connectivity index is 0.00000161. The number of sulfonamides is 1. The van der Waals surface area contributed by atoms with Gasteiger partial charge in [0, 0.05) is 38.3 Å². The molecule has 2 atom stereocenters. The zero-order valence-corrected chi connectivity index (χ0v) is 13.9. The zero-order valence-electron chi connectivity index (χ0n) is 12.2. The van der Waals surface area contributed by atoms with Crippen LogP contribution in [-0.4, -0.2) is 41.4 Å². The lowest BCUT2D eigenvalue weighted by Crippen LogP contribution is -2.33. The van der Waals surface area contributed by atoms with E-state index in [0.29, 0.717) is 13.1 Å². The Kier molecular flexibility index (Phi) is 4.97. The van der Waals surface area contributed by atoms with Gasteiger partial charge in [0.1, 0.15) is 5.82 Å². The number of hydrogen-bond acceptors (Lipinski definition) is 4. The third-order valence-corrected chi connectivity index (χ3v) is 6.16. The van der Waals surface area contributed by atoms with Crippen molar-refractivity contribution >= 4 is 22.4 Å². The van der Waals surface area contributed by atoms with Gasteiger partial charge >= 0.3 is 0 Å². The summed E-state index contributed by atoms with van der Waals surface area (Å²) in [6, 6.07) is 0.0328. The fraction of sp³-hybridized carbons (Fsp3) is 0.769. The van der Waals surface area contributed by atoms with Crippen molar-refractivity contribution < 1.29 is 8.42 Å². The minimum Gasteiger partial charge on any atom is -0.333 e. The largest absolute Gasteiger partial charge is 0.333 e. The molecule has 21 heavy (non-hydrogen) atoms. The monoisotopic (exact) mass is 334 g/mol. The van der Waals surface area contributed by atoms with E-state index >= 15 is 0 Å². The summed E-state index contributed by atoms with van der Waals surface area (Å²) < 4.78 is 28.8. The summed E-state index contributed by atoms with van der Waals surface area (Å²) in [6.45, 7) is 3.88. The number of aromatic nitrogens is 2. The number of imidazole rings is 1. The molecule has 1 saturated heterocycles. The minimum atomic E-state index is -3.45. The maximum absolute atomic E-state index is 12.6. The van der Waals surface area contributed by atoms with Crippen LogP contribution < -0.4 is 5.73 Å². The van der Waals surface area contributed by atoms with Crippen molar-refractivity contribution in [2.75, 3.05) is 13.1 Å². The summed E-state index contributed by atoms with van der Waals surface area (Å²) in [4.78, 5) is 4.34. The molecule has 2 aliphatic rings. The third kappa shape index (κ3) is 3.11. The number of nitrogens with zero attached hydrogens (tertiary/aromatic N) is 3. The van der Waals surface area contributed by atoms with E-state index in [-0.39, 0.29) is 29.4 Å². The van der Waals surface area contributed by atoms with Crippen molar-refractivity contribution in [3.05, 3.63) is 12.0 Å². The van der Waals surface area contributed by atoms with Crippen molar-refractivity contribution in [2.45, 2.75) is 50.2 Å². The smallest absolute Gasteiger partial charge is 0.262 e. The average Bonchev–Trinajstić information content (AvgIpc) is 3.06. The van der Waals surface area contributed by atoms with Crippen LogP contribution in [-0.2, 0) is 23.0 Å². The lowest BCUT2D eigenvalue weighted by molar-refractivity contribution is 0.427. The van der Waals surface area contributed by atoms with E-state index in [2.05, 4.69) is 4.98 Å². The molecule has 2 N–H and O–H groups in total. The van der Waals surface area contributed by atoms with Gasteiger partial charge in [-0.25, -0.2) is 13.4 Å². The summed E-state index contributed by atoms with van der Waals surface area (Å²) >= 11 is 0. The molecule has 0 radical (unpaired) electrons. The molecule has 8 heteroatoms. The molecule has 0 spiro atoms. The van der Waals surface area contributed by atoms with Crippen LogP contribution in [0.4, 0.5) is 0 Å². The Morgan fingerprint density at radius 1 is 1.38 bits per heavy atom. The molecule has 3 rings (SSSR count). The van der Waals surface area contributed by atoms with Crippen molar-refractivity contribution in [1.29, 1.82) is 0 Å². The first-order valence-electron chi connectivity index (χ1n) is 7.30. The van der Waals surface area contributed by atoms with Gasteiger partial charge in [0.25, 0.3) is 10.0 Å². The SMILES string of the molecule is CC(N)C1CCN(S(=O)(=O)c2cn3c(n2)CCCC3)C1.Cl. The Bertz CT molecular complexity index is 576. The topological polar surface area (TPSA) is 81.2 Å². The summed E-state index contributed by atoms with van der Waals surface area (Å²) in [5, 5.41) is 0.208. The zero-order chi connectivity index (χ0) is 14.3. The maximum Gasteiger partial charge on any atom is 0.262 e. The molecule has 0 aliphatic carbocycles. The second-order valence-corrected chi connectivity index (χ2v) is 7.80. The molecular weight excluding hydrogens is 312 g/mol. The van der Waals surface area contributed by atoms with Gasteiger partial charge in [-0.1, -0.05) is 0 Å². The Morgan fingerprint density at radius 3 is 2.76 bits per heavy atom. The fourth-order valence-corrected chi connectivity index (χ4v) is 4.52. The van der Waals surface area contributed by atoms with E-state index in [1.807, 2.05) is 11.5 Å². The van der Waals surface area contributed by atoms with E-state index < -0.39 is 10.0 Å². The molecule has 0 aromatic carbocycles. The number of fused-ring (bicyclic) bond motifs is 1. The van der Waals surface area contributed by atoms with Crippen molar-refractivity contribution in [3.8, 4) is 0 Å². The molecule has 2 aliphatic heterocycles. The minimum absolute atomic E-state index is 0. The summed E-state index contributed by atoms with van der Waals surface area (Å²) in [6.07, 6.45) is 5.60. The summed E-state index contributed by atoms with van der Waals surface area (Å²) in [5.41, 5.74) is 5.88. The van der Waals surface area contributed by atoms with E-state index in [9.17, 15) is 8.42 Å². The highest BCUT2D eigenvalue weighted by Crippen LogP contribution is 2.26. The summed E-state index contributed by atoms with van der Waals surface area (Å²) in [5.74, 6) is 1.15. The van der Waals surface area contributed by atoms with Crippen LogP contribution in [0.3, 0.4) is 0 Å². The quantitative estimate of drug-likeness (QED) is 0.894. The van der Waals surface area contributed by atoms with E-state index in [0.717, 1.165) is 38.1 Å². The third-order valence-electron chi connectivity index (χ3n) is 4.42. The van der Waals surface area contributed by atoms with E-state index in [1.165, 1.54) is 4.31 Å². The van der Waals surface area contributed by atoms with Crippen LogP contribution in [0.15, 0.2) is 11.2 Å². The molecule has 1 aromatic rings. The predicted octanol–water partition coefficient (Wildman–Crippen LogP) is 0.999. The van der Waals surface area contributed by atoms with Gasteiger partial charge < -0.3 is 10.3 Å². The van der Waals surface area contributed by atoms with E-state index in [1.54, 1.807) is 6.20 Å². The van der Waals surface area contributed by atoms with Crippen molar-refractivity contribution in [2.24, 2.45) is 11.7 Å². The molecule has 0 amide bonds. The normalized spacial score (nSPS) is 24.4. The molecule has 2 unspecified atom stereocenters. The number of halogens is 1. The van der Waals surface area contributed by atoms with Gasteiger partial charge in [-0.2, -0.15) is 4.31 Å². The second kappa shape index (κ2) is 6.24. The number of nitrogens with two attached hydrogens (primary N) is 1. The molecule has 120 valence electrons. The molecular formula is C13H23ClN4O2S. The standard InChI is InChI=1S/C13H22N4O2S.ClH/c1-10(14)11-5-7-17(8-11)20(18,19)13-9-16-6-3-2-4-12(16)15-13;/h9-11H,2-8,14H2,1H3;1H. The van der Waals surface area contributed by atoms with Crippen molar-refractivity contribution in [3.63, 3.8) is 0 Å². The summed E-state index contributed by atoms with van der Waals surface area (Å²) in [7, 11) is -3.45. The number of rotatable bonds is 3. The Hall–Kier alpha value is -0.630. The van der Waals surface area contributed by atoms with Gasteiger partial charge in [-0.3, -0.25) is 0 Å². The Labute approximate surface area is 132 Å². The first-order chi connectivity index (χ1) is 9.48. The first-order valence-corrected chi connectivity index (χ1v) is 8.74. The van der Waals surface area contributed by atoms with Crippen molar-refractivity contribution in [1.82, 2.24) is 13.9 Å². The molecule has 6 nitrogen and oxygen atoms in total. The highest BCUT2D eigenvalue weighted by molar-refractivity contribution is 7.89. The lowest BCUT2D eigenvalue weighted by atomic mass is 10.0. The highest BCUT2D eigenvalue weighted by atomic mass is 35.5.